The summed E-state index contributed by atoms with van der Waals surface area (Å²) in [7, 11) is 0. The molecule has 0 aliphatic carbocycles. The fourth-order valence-corrected chi connectivity index (χ4v) is 5.85. The first-order chi connectivity index (χ1) is 23.7. The molecule has 5 rings (SSSR count). The van der Waals surface area contributed by atoms with Crippen LogP contribution in [0.1, 0.15) is 72.6 Å². The Hall–Kier alpha value is -4.90. The van der Waals surface area contributed by atoms with Gasteiger partial charge in [0.2, 0.25) is 0 Å². The second kappa shape index (κ2) is 18.0. The van der Waals surface area contributed by atoms with Crippen molar-refractivity contribution in [3.63, 3.8) is 0 Å². The molecule has 5 aromatic rings. The first-order valence-electron chi connectivity index (χ1n) is 16.4. The number of H-pyrrole nitrogens is 2. The molecule has 0 bridgehead atoms. The molecule has 0 saturated carbocycles. The molecule has 0 fully saturated rings. The molecule has 0 aliphatic heterocycles. The van der Waals surface area contributed by atoms with Crippen LogP contribution in [0.2, 0.25) is 0 Å². The number of esters is 4. The minimum absolute atomic E-state index is 0.216. The number of carbonyl (C=O) groups is 4. The van der Waals surface area contributed by atoms with Crippen LogP contribution in [-0.2, 0) is 41.4 Å². The van der Waals surface area contributed by atoms with E-state index in [-0.39, 0.29) is 24.8 Å². The number of nitrogens with one attached hydrogen (secondary N) is 2. The Bertz CT molecular complexity index is 1910. The lowest BCUT2D eigenvalue weighted by Crippen LogP contribution is -2.10. The van der Waals surface area contributed by atoms with Gasteiger partial charge in [-0.2, -0.15) is 0 Å². The average Bonchev–Trinajstić information content (AvgIpc) is 3.65. The van der Waals surface area contributed by atoms with Crippen LogP contribution in [0, 0.1) is 0 Å². The Morgan fingerprint density at radius 2 is 1.04 bits per heavy atom. The molecular formula is C38H41BrN2O8. The molecule has 0 unspecified atom stereocenters. The first-order valence-corrected chi connectivity index (χ1v) is 17.1. The van der Waals surface area contributed by atoms with Crippen molar-refractivity contribution >= 4 is 61.6 Å². The number of hydrogen-bond donors (Lipinski definition) is 2. The summed E-state index contributed by atoms with van der Waals surface area (Å²) in [4.78, 5) is 54.1. The van der Waals surface area contributed by atoms with E-state index in [1.54, 1.807) is 27.7 Å². The Morgan fingerprint density at radius 3 is 1.53 bits per heavy atom. The van der Waals surface area contributed by atoms with Gasteiger partial charge in [-0.05, 0) is 81.0 Å². The highest BCUT2D eigenvalue weighted by Gasteiger charge is 2.21. The highest BCUT2D eigenvalue weighted by molar-refractivity contribution is 9.10. The van der Waals surface area contributed by atoms with E-state index in [1.807, 2.05) is 66.7 Å². The molecule has 49 heavy (non-hydrogen) atoms. The molecular weight excluding hydrogens is 692 g/mol. The number of aryl methyl sites for hydroxylation is 2. The Balaban J connectivity index is 0.000000226. The van der Waals surface area contributed by atoms with Crippen molar-refractivity contribution in [1.82, 2.24) is 9.97 Å². The third-order valence-electron chi connectivity index (χ3n) is 7.61. The third kappa shape index (κ3) is 9.60. The van der Waals surface area contributed by atoms with Crippen molar-refractivity contribution < 1.29 is 38.1 Å². The summed E-state index contributed by atoms with van der Waals surface area (Å²) in [6, 6.07) is 21.8. The van der Waals surface area contributed by atoms with Gasteiger partial charge in [-0.25, -0.2) is 9.59 Å². The summed E-state index contributed by atoms with van der Waals surface area (Å²) in [5.41, 5.74) is 6.21. The lowest BCUT2D eigenvalue weighted by Gasteiger charge is -2.05. The molecule has 0 amide bonds. The normalized spacial score (nSPS) is 10.7. The van der Waals surface area contributed by atoms with Crippen LogP contribution in [0.3, 0.4) is 0 Å². The molecule has 2 aromatic heterocycles. The molecule has 2 heterocycles. The fraction of sp³-hybridized carbons (Fsp3) is 0.316. The standard InChI is InChI=1S/C22H23NO4.C16H18BrNO4/c1-3-26-20(24)13-12-18-17-11-10-16(15-8-6-5-7-9-15)14-19(17)23-21(18)22(25)27-4-2;1-3-21-14(19)8-7-12-11-6-5-10(17)9-13(11)18-15(12)16(20)22-4-2/h5-11,14,23H,3-4,12-13H2,1-2H3;5-6,9,18H,3-4,7-8H2,1-2H3. The van der Waals surface area contributed by atoms with E-state index in [0.29, 0.717) is 50.7 Å². The largest absolute Gasteiger partial charge is 0.466 e. The van der Waals surface area contributed by atoms with E-state index in [0.717, 1.165) is 48.5 Å². The average molecular weight is 734 g/mol. The molecule has 2 N–H and O–H groups in total. The van der Waals surface area contributed by atoms with Crippen molar-refractivity contribution in [1.29, 1.82) is 0 Å². The maximum absolute atomic E-state index is 12.4. The van der Waals surface area contributed by atoms with Crippen molar-refractivity contribution in [2.75, 3.05) is 26.4 Å². The third-order valence-corrected chi connectivity index (χ3v) is 8.10. The van der Waals surface area contributed by atoms with Gasteiger partial charge >= 0.3 is 23.9 Å². The molecule has 11 heteroatoms. The van der Waals surface area contributed by atoms with Gasteiger partial charge in [-0.3, -0.25) is 9.59 Å². The van der Waals surface area contributed by atoms with Crippen molar-refractivity contribution in [3.05, 3.63) is 93.7 Å². The van der Waals surface area contributed by atoms with E-state index in [2.05, 4.69) is 25.9 Å². The van der Waals surface area contributed by atoms with Gasteiger partial charge in [0.25, 0.3) is 0 Å². The molecule has 0 aliphatic rings. The van der Waals surface area contributed by atoms with Crippen LogP contribution in [0.4, 0.5) is 0 Å². The van der Waals surface area contributed by atoms with Crippen LogP contribution < -0.4 is 0 Å². The van der Waals surface area contributed by atoms with Crippen molar-refractivity contribution in [2.45, 2.75) is 53.4 Å². The van der Waals surface area contributed by atoms with Crippen molar-refractivity contribution in [2.24, 2.45) is 0 Å². The predicted octanol–water partition coefficient (Wildman–Crippen LogP) is 8.11. The van der Waals surface area contributed by atoms with E-state index in [4.69, 9.17) is 18.9 Å². The second-order valence-electron chi connectivity index (χ2n) is 10.8. The number of aromatic amines is 2. The predicted molar refractivity (Wildman–Crippen MR) is 192 cm³/mol. The van der Waals surface area contributed by atoms with Gasteiger partial charge in [-0.1, -0.05) is 64.5 Å². The minimum Gasteiger partial charge on any atom is -0.466 e. The number of halogens is 1. The number of hydrogen-bond acceptors (Lipinski definition) is 8. The van der Waals surface area contributed by atoms with Crippen molar-refractivity contribution in [3.8, 4) is 11.1 Å². The summed E-state index contributed by atoms with van der Waals surface area (Å²) in [6.07, 6.45) is 1.28. The number of benzene rings is 3. The van der Waals surface area contributed by atoms with E-state index in [1.165, 1.54) is 0 Å². The highest BCUT2D eigenvalue weighted by atomic mass is 79.9. The lowest BCUT2D eigenvalue weighted by atomic mass is 10.0. The number of ether oxygens (including phenoxy) is 4. The molecule has 0 spiro atoms. The summed E-state index contributed by atoms with van der Waals surface area (Å²) >= 11 is 3.41. The van der Waals surface area contributed by atoms with Gasteiger partial charge in [0.15, 0.2) is 0 Å². The van der Waals surface area contributed by atoms with Crippen LogP contribution in [0.15, 0.2) is 71.2 Å². The molecule has 3 aromatic carbocycles. The van der Waals surface area contributed by atoms with Gasteiger partial charge < -0.3 is 28.9 Å². The summed E-state index contributed by atoms with van der Waals surface area (Å²) < 4.78 is 21.1. The Morgan fingerprint density at radius 1 is 0.571 bits per heavy atom. The molecule has 10 nitrogen and oxygen atoms in total. The van der Waals surface area contributed by atoms with Gasteiger partial charge in [0, 0.05) is 39.1 Å². The zero-order valence-corrected chi connectivity index (χ0v) is 29.7. The smallest absolute Gasteiger partial charge is 0.355 e. The first kappa shape index (κ1) is 36.9. The minimum atomic E-state index is -0.409. The van der Waals surface area contributed by atoms with Gasteiger partial charge in [-0.15, -0.1) is 0 Å². The second-order valence-corrected chi connectivity index (χ2v) is 11.7. The topological polar surface area (TPSA) is 137 Å². The fourth-order valence-electron chi connectivity index (χ4n) is 5.49. The van der Waals surface area contributed by atoms with Gasteiger partial charge in [0.05, 0.1) is 26.4 Å². The monoisotopic (exact) mass is 732 g/mol. The maximum Gasteiger partial charge on any atom is 0.355 e. The van der Waals surface area contributed by atoms with E-state index < -0.39 is 11.9 Å². The molecule has 258 valence electrons. The maximum atomic E-state index is 12.4. The van der Waals surface area contributed by atoms with E-state index in [9.17, 15) is 19.2 Å². The summed E-state index contributed by atoms with van der Waals surface area (Å²) in [5.74, 6) is -1.37. The van der Waals surface area contributed by atoms with Crippen LogP contribution >= 0.6 is 15.9 Å². The van der Waals surface area contributed by atoms with Gasteiger partial charge in [0.1, 0.15) is 11.4 Å². The molecule has 0 radical (unpaired) electrons. The number of fused-ring (bicyclic) bond motifs is 2. The zero-order valence-electron chi connectivity index (χ0n) is 28.2. The van der Waals surface area contributed by atoms with E-state index >= 15 is 0 Å². The van der Waals surface area contributed by atoms with Crippen LogP contribution in [-0.4, -0.2) is 60.3 Å². The number of carbonyl (C=O) groups excluding carboxylic acids is 4. The number of rotatable bonds is 13. The summed E-state index contributed by atoms with van der Waals surface area (Å²) in [6.45, 7) is 8.37. The van der Waals surface area contributed by atoms with Crippen LogP contribution in [0.5, 0.6) is 0 Å². The summed E-state index contributed by atoms with van der Waals surface area (Å²) in [5, 5.41) is 1.83. The molecule has 0 saturated heterocycles. The van der Waals surface area contributed by atoms with Crippen LogP contribution in [0.25, 0.3) is 32.9 Å². The number of aromatic nitrogens is 2. The quantitative estimate of drug-likeness (QED) is 0.0915. The highest BCUT2D eigenvalue weighted by Crippen LogP contribution is 2.30. The SMILES string of the molecule is CCOC(=O)CCc1c(C(=O)OCC)[nH]c2cc(-c3ccccc3)ccc12.CCOC(=O)CCc1c(C(=O)OCC)[nH]c2cc(Br)ccc12. The zero-order chi connectivity index (χ0) is 35.3. The Labute approximate surface area is 293 Å². The lowest BCUT2D eigenvalue weighted by molar-refractivity contribution is -0.144. The Kier molecular flexibility index (Phi) is 13.6. The molecule has 0 atom stereocenters.